The Morgan fingerprint density at radius 1 is 1.24 bits per heavy atom. The summed E-state index contributed by atoms with van der Waals surface area (Å²) in [5.41, 5.74) is 0.140. The number of anilines is 1. The van der Waals surface area contributed by atoms with Crippen LogP contribution in [0, 0.1) is 17.6 Å². The highest BCUT2D eigenvalue weighted by atomic mass is 32.2. The molecule has 0 atom stereocenters. The largest absolute Gasteiger partial charge is 0.312 e. The molecule has 4 nitrogen and oxygen atoms in total. The van der Waals surface area contributed by atoms with Gasteiger partial charge in [-0.05, 0) is 25.0 Å². The first-order chi connectivity index (χ1) is 9.66. The minimum Gasteiger partial charge on any atom is -0.312 e. The van der Waals surface area contributed by atoms with Gasteiger partial charge in [0.2, 0.25) is 5.91 Å². The average molecular weight is 319 g/mol. The zero-order valence-corrected chi connectivity index (χ0v) is 13.1. The smallest absolute Gasteiger partial charge is 0.242 e. The second kappa shape index (κ2) is 6.98. The Morgan fingerprint density at radius 3 is 2.33 bits per heavy atom. The maximum atomic E-state index is 13.2. The van der Waals surface area contributed by atoms with Gasteiger partial charge < -0.3 is 4.90 Å². The zero-order chi connectivity index (χ0) is 16.2. The van der Waals surface area contributed by atoms with Crippen LogP contribution in [0.4, 0.5) is 14.5 Å². The van der Waals surface area contributed by atoms with Crippen molar-refractivity contribution in [2.75, 3.05) is 23.0 Å². The SMILES string of the molecule is CCN(C(=O)CS(=O)(=O)CC(C)C)c1ccc(F)c(F)c1. The van der Waals surface area contributed by atoms with E-state index < -0.39 is 33.1 Å². The second-order valence-corrected chi connectivity index (χ2v) is 7.29. The number of hydrogen-bond acceptors (Lipinski definition) is 3. The number of halogens is 2. The molecule has 0 heterocycles. The van der Waals surface area contributed by atoms with E-state index in [-0.39, 0.29) is 23.9 Å². The number of nitrogens with zero attached hydrogens (tertiary/aromatic N) is 1. The predicted octanol–water partition coefficient (Wildman–Crippen LogP) is 2.39. The Kier molecular flexibility index (Phi) is 5.83. The molecule has 1 rings (SSSR count). The molecule has 0 aliphatic heterocycles. The Balaban J connectivity index is 2.94. The number of sulfone groups is 1. The molecule has 0 N–H and O–H groups in total. The zero-order valence-electron chi connectivity index (χ0n) is 12.3. The molecule has 0 aliphatic carbocycles. The van der Waals surface area contributed by atoms with E-state index >= 15 is 0 Å². The summed E-state index contributed by atoms with van der Waals surface area (Å²) >= 11 is 0. The monoisotopic (exact) mass is 319 g/mol. The minimum absolute atomic E-state index is 0.0823. The van der Waals surface area contributed by atoms with Gasteiger partial charge in [-0.3, -0.25) is 4.79 Å². The third-order valence-electron chi connectivity index (χ3n) is 2.76. The van der Waals surface area contributed by atoms with Gasteiger partial charge in [-0.15, -0.1) is 0 Å². The van der Waals surface area contributed by atoms with Crippen molar-refractivity contribution in [1.82, 2.24) is 0 Å². The summed E-state index contributed by atoms with van der Waals surface area (Å²) in [7, 11) is -3.52. The lowest BCUT2D eigenvalue weighted by Gasteiger charge is -2.21. The van der Waals surface area contributed by atoms with Crippen molar-refractivity contribution in [1.29, 1.82) is 0 Å². The van der Waals surface area contributed by atoms with Crippen LogP contribution in [-0.4, -0.2) is 32.4 Å². The van der Waals surface area contributed by atoms with Crippen molar-refractivity contribution >= 4 is 21.4 Å². The first kappa shape index (κ1) is 17.6. The highest BCUT2D eigenvalue weighted by Gasteiger charge is 2.23. The minimum atomic E-state index is -3.52. The topological polar surface area (TPSA) is 54.5 Å². The first-order valence-electron chi connectivity index (χ1n) is 6.62. The molecule has 0 spiro atoms. The van der Waals surface area contributed by atoms with E-state index in [1.54, 1.807) is 20.8 Å². The van der Waals surface area contributed by atoms with E-state index in [1.807, 2.05) is 0 Å². The van der Waals surface area contributed by atoms with Gasteiger partial charge in [0.25, 0.3) is 0 Å². The summed E-state index contributed by atoms with van der Waals surface area (Å²) in [5.74, 6) is -3.56. The molecule has 118 valence electrons. The molecular weight excluding hydrogens is 300 g/mol. The summed E-state index contributed by atoms with van der Waals surface area (Å²) < 4.78 is 49.8. The number of carbonyl (C=O) groups is 1. The number of benzene rings is 1. The Morgan fingerprint density at radius 2 is 1.86 bits per heavy atom. The van der Waals surface area contributed by atoms with E-state index in [0.29, 0.717) is 0 Å². The van der Waals surface area contributed by atoms with Crippen LogP contribution in [0.3, 0.4) is 0 Å². The van der Waals surface area contributed by atoms with Gasteiger partial charge in [0, 0.05) is 18.3 Å². The Hall–Kier alpha value is -1.50. The molecule has 0 fully saturated rings. The summed E-state index contributed by atoms with van der Waals surface area (Å²) in [5, 5.41) is 0. The first-order valence-corrected chi connectivity index (χ1v) is 8.44. The molecule has 0 unspecified atom stereocenters. The summed E-state index contributed by atoms with van der Waals surface area (Å²) in [6.45, 7) is 5.29. The fourth-order valence-electron chi connectivity index (χ4n) is 1.99. The van der Waals surface area contributed by atoms with Gasteiger partial charge in [-0.2, -0.15) is 0 Å². The lowest BCUT2D eigenvalue weighted by molar-refractivity contribution is -0.116. The van der Waals surface area contributed by atoms with E-state index in [9.17, 15) is 22.0 Å². The molecule has 0 bridgehead atoms. The third kappa shape index (κ3) is 5.08. The van der Waals surface area contributed by atoms with Crippen LogP contribution in [0.5, 0.6) is 0 Å². The van der Waals surface area contributed by atoms with Crippen LogP contribution >= 0.6 is 0 Å². The molecule has 1 aromatic carbocycles. The summed E-state index contributed by atoms with van der Waals surface area (Å²) in [6, 6.07) is 3.03. The maximum absolute atomic E-state index is 13.2. The van der Waals surface area contributed by atoms with Crippen LogP contribution in [0.2, 0.25) is 0 Å². The van der Waals surface area contributed by atoms with Crippen LogP contribution < -0.4 is 4.90 Å². The molecule has 7 heteroatoms. The van der Waals surface area contributed by atoms with Crippen molar-refractivity contribution < 1.29 is 22.0 Å². The number of carbonyl (C=O) groups excluding carboxylic acids is 1. The quantitative estimate of drug-likeness (QED) is 0.809. The van der Waals surface area contributed by atoms with E-state index in [1.165, 1.54) is 6.07 Å². The van der Waals surface area contributed by atoms with E-state index in [0.717, 1.165) is 17.0 Å². The van der Waals surface area contributed by atoms with Gasteiger partial charge in [0.05, 0.1) is 5.75 Å². The summed E-state index contributed by atoms with van der Waals surface area (Å²) in [4.78, 5) is 13.2. The highest BCUT2D eigenvalue weighted by molar-refractivity contribution is 7.92. The normalized spacial score (nSPS) is 11.7. The molecule has 1 amide bonds. The molecule has 21 heavy (non-hydrogen) atoms. The average Bonchev–Trinajstić information content (AvgIpc) is 2.32. The van der Waals surface area contributed by atoms with Crippen molar-refractivity contribution in [2.45, 2.75) is 20.8 Å². The number of rotatable bonds is 6. The summed E-state index contributed by atoms with van der Waals surface area (Å²) in [6.07, 6.45) is 0. The van der Waals surface area contributed by atoms with Crippen LogP contribution in [-0.2, 0) is 14.6 Å². The van der Waals surface area contributed by atoms with Gasteiger partial charge in [0.1, 0.15) is 5.75 Å². The maximum Gasteiger partial charge on any atom is 0.242 e. The molecule has 0 radical (unpaired) electrons. The van der Waals surface area contributed by atoms with Crippen LogP contribution in [0.15, 0.2) is 18.2 Å². The molecular formula is C14H19F2NO3S. The van der Waals surface area contributed by atoms with E-state index in [2.05, 4.69) is 0 Å². The van der Waals surface area contributed by atoms with Crippen LogP contribution in [0.25, 0.3) is 0 Å². The van der Waals surface area contributed by atoms with Crippen molar-refractivity contribution in [3.63, 3.8) is 0 Å². The highest BCUT2D eigenvalue weighted by Crippen LogP contribution is 2.18. The molecule has 0 saturated heterocycles. The fraction of sp³-hybridized carbons (Fsp3) is 0.500. The molecule has 0 saturated carbocycles. The Bertz CT molecular complexity index is 615. The molecule has 0 aliphatic rings. The standard InChI is InChI=1S/C14H19F2NO3S/c1-4-17(11-5-6-12(15)13(16)7-11)14(18)9-21(19,20)8-10(2)3/h5-7,10H,4,8-9H2,1-3H3. The molecule has 1 aromatic rings. The van der Waals surface area contributed by atoms with Crippen molar-refractivity contribution in [3.8, 4) is 0 Å². The van der Waals surface area contributed by atoms with Gasteiger partial charge >= 0.3 is 0 Å². The van der Waals surface area contributed by atoms with Crippen molar-refractivity contribution in [3.05, 3.63) is 29.8 Å². The van der Waals surface area contributed by atoms with Crippen LogP contribution in [0.1, 0.15) is 20.8 Å². The second-order valence-electron chi connectivity index (χ2n) is 5.18. The van der Waals surface area contributed by atoms with Gasteiger partial charge in [0.15, 0.2) is 21.5 Å². The molecule has 0 aromatic heterocycles. The van der Waals surface area contributed by atoms with Gasteiger partial charge in [-0.1, -0.05) is 13.8 Å². The van der Waals surface area contributed by atoms with Gasteiger partial charge in [-0.25, -0.2) is 17.2 Å². The number of amides is 1. The third-order valence-corrected chi connectivity index (χ3v) is 4.62. The fourth-order valence-corrected chi connectivity index (χ4v) is 3.65. The Labute approximate surface area is 123 Å². The predicted molar refractivity (Wildman–Crippen MR) is 77.9 cm³/mol. The number of hydrogen-bond donors (Lipinski definition) is 0. The lowest BCUT2D eigenvalue weighted by Crippen LogP contribution is -2.36. The van der Waals surface area contributed by atoms with E-state index in [4.69, 9.17) is 0 Å². The van der Waals surface area contributed by atoms with Crippen molar-refractivity contribution in [2.24, 2.45) is 5.92 Å². The lowest BCUT2D eigenvalue weighted by atomic mass is 10.2.